The van der Waals surface area contributed by atoms with E-state index in [0.29, 0.717) is 18.2 Å². The minimum atomic E-state index is -0.453. The van der Waals surface area contributed by atoms with Crippen molar-refractivity contribution in [1.82, 2.24) is 10.6 Å². The van der Waals surface area contributed by atoms with Gasteiger partial charge in [-0.3, -0.25) is 14.9 Å². The number of carbonyl (C=O) groups is 1. The molecular formula is C14H19N3O3. The Bertz CT molecular complexity index is 484. The average Bonchev–Trinajstić information content (AvgIpc) is 2.92. The third kappa shape index (κ3) is 4.03. The number of hydrogen-bond acceptors (Lipinski definition) is 4. The third-order valence-corrected chi connectivity index (χ3v) is 3.52. The molecule has 1 aromatic rings. The van der Waals surface area contributed by atoms with Gasteiger partial charge in [0.25, 0.3) is 5.69 Å². The molecule has 2 rings (SSSR count). The van der Waals surface area contributed by atoms with Crippen LogP contribution in [-0.2, 0) is 11.2 Å². The van der Waals surface area contributed by atoms with E-state index in [2.05, 4.69) is 10.6 Å². The Morgan fingerprint density at radius 1 is 1.45 bits per heavy atom. The molecule has 1 aliphatic rings. The molecule has 108 valence electrons. The Kier molecular flexibility index (Phi) is 5.06. The number of nitrogens with zero attached hydrogens (tertiary/aromatic N) is 1. The van der Waals surface area contributed by atoms with E-state index in [1.165, 1.54) is 12.5 Å². The topological polar surface area (TPSA) is 84.3 Å². The van der Waals surface area contributed by atoms with Gasteiger partial charge in [0.15, 0.2) is 0 Å². The van der Waals surface area contributed by atoms with Crippen molar-refractivity contribution in [3.05, 3.63) is 39.9 Å². The molecule has 6 heteroatoms. The van der Waals surface area contributed by atoms with Crippen LogP contribution in [0.5, 0.6) is 0 Å². The van der Waals surface area contributed by atoms with Gasteiger partial charge in [-0.15, -0.1) is 0 Å². The highest BCUT2D eigenvalue weighted by molar-refractivity contribution is 5.79. The van der Waals surface area contributed by atoms with Gasteiger partial charge in [0, 0.05) is 24.2 Å². The summed E-state index contributed by atoms with van der Waals surface area (Å²) in [5, 5.41) is 17.0. The van der Waals surface area contributed by atoms with Gasteiger partial charge in [-0.2, -0.15) is 0 Å². The highest BCUT2D eigenvalue weighted by atomic mass is 16.6. The van der Waals surface area contributed by atoms with E-state index in [-0.39, 0.29) is 18.0 Å². The van der Waals surface area contributed by atoms with Crippen molar-refractivity contribution < 1.29 is 9.72 Å². The van der Waals surface area contributed by atoms with Gasteiger partial charge in [0.1, 0.15) is 0 Å². The number of nitro groups is 1. The van der Waals surface area contributed by atoms with Crippen LogP contribution in [0.1, 0.15) is 24.8 Å². The summed E-state index contributed by atoms with van der Waals surface area (Å²) in [5.41, 5.74) is 0.453. The van der Waals surface area contributed by atoms with Gasteiger partial charge < -0.3 is 10.6 Å². The van der Waals surface area contributed by atoms with Gasteiger partial charge in [-0.1, -0.05) is 18.2 Å². The van der Waals surface area contributed by atoms with Crippen LogP contribution in [0.4, 0.5) is 5.69 Å². The van der Waals surface area contributed by atoms with E-state index in [4.69, 9.17) is 0 Å². The molecule has 6 nitrogen and oxygen atoms in total. The first-order valence-corrected chi connectivity index (χ1v) is 6.89. The van der Waals surface area contributed by atoms with Crippen LogP contribution in [0.2, 0.25) is 0 Å². The number of hydrogen-bond donors (Lipinski definition) is 2. The maximum absolute atomic E-state index is 11.8. The Hall–Kier alpha value is -1.95. The van der Waals surface area contributed by atoms with Crippen molar-refractivity contribution in [3.8, 4) is 0 Å². The van der Waals surface area contributed by atoms with Crippen LogP contribution in [0.3, 0.4) is 0 Å². The van der Waals surface area contributed by atoms with E-state index in [1.54, 1.807) is 18.2 Å². The zero-order chi connectivity index (χ0) is 14.4. The van der Waals surface area contributed by atoms with Gasteiger partial charge in [0.05, 0.1) is 11.3 Å². The average molecular weight is 277 g/mol. The van der Waals surface area contributed by atoms with E-state index < -0.39 is 4.92 Å². The lowest BCUT2D eigenvalue weighted by molar-refractivity contribution is -0.385. The molecule has 1 fully saturated rings. The zero-order valence-corrected chi connectivity index (χ0v) is 11.3. The van der Waals surface area contributed by atoms with Crippen molar-refractivity contribution in [2.45, 2.75) is 31.7 Å². The molecule has 0 spiro atoms. The van der Waals surface area contributed by atoms with Crippen LogP contribution in [0.15, 0.2) is 24.3 Å². The highest BCUT2D eigenvalue weighted by Gasteiger charge is 2.16. The lowest BCUT2D eigenvalue weighted by Gasteiger charge is -2.10. The first kappa shape index (κ1) is 14.5. The SMILES string of the molecule is O=C(Cc1ccccc1[N+](=O)[O-])NCC[C@H]1CCCN1. The summed E-state index contributed by atoms with van der Waals surface area (Å²) >= 11 is 0. The molecule has 0 aliphatic carbocycles. The predicted molar refractivity (Wildman–Crippen MR) is 75.5 cm³/mol. The number of rotatable bonds is 6. The number of amides is 1. The second kappa shape index (κ2) is 7.00. The molecule has 1 atom stereocenters. The minimum Gasteiger partial charge on any atom is -0.356 e. The molecule has 20 heavy (non-hydrogen) atoms. The van der Waals surface area contributed by atoms with Crippen LogP contribution in [0.25, 0.3) is 0 Å². The maximum atomic E-state index is 11.8. The standard InChI is InChI=1S/C14H19N3O3/c18-14(16-9-7-12-5-3-8-15-12)10-11-4-1-2-6-13(11)17(19)20/h1-2,4,6,12,15H,3,5,7-10H2,(H,16,18)/t12-/m1/s1. The smallest absolute Gasteiger partial charge is 0.273 e. The summed E-state index contributed by atoms with van der Waals surface area (Å²) in [6.07, 6.45) is 3.30. The largest absolute Gasteiger partial charge is 0.356 e. The van der Waals surface area contributed by atoms with Crippen molar-refractivity contribution in [3.63, 3.8) is 0 Å². The van der Waals surface area contributed by atoms with Gasteiger partial charge in [0.2, 0.25) is 5.91 Å². The van der Waals surface area contributed by atoms with Gasteiger partial charge in [-0.05, 0) is 25.8 Å². The highest BCUT2D eigenvalue weighted by Crippen LogP contribution is 2.17. The number of nitrogens with one attached hydrogen (secondary N) is 2. The van der Waals surface area contributed by atoms with Crippen molar-refractivity contribution >= 4 is 11.6 Å². The molecule has 1 saturated heterocycles. The Morgan fingerprint density at radius 2 is 2.25 bits per heavy atom. The fraction of sp³-hybridized carbons (Fsp3) is 0.500. The normalized spacial score (nSPS) is 17.9. The summed E-state index contributed by atoms with van der Waals surface area (Å²) in [5.74, 6) is -0.169. The van der Waals surface area contributed by atoms with E-state index in [1.807, 2.05) is 0 Å². The fourth-order valence-electron chi connectivity index (χ4n) is 2.46. The van der Waals surface area contributed by atoms with Gasteiger partial charge >= 0.3 is 0 Å². The Morgan fingerprint density at radius 3 is 2.95 bits per heavy atom. The molecule has 1 aromatic carbocycles. The first-order chi connectivity index (χ1) is 9.66. The van der Waals surface area contributed by atoms with E-state index >= 15 is 0 Å². The minimum absolute atomic E-state index is 0.000101. The summed E-state index contributed by atoms with van der Waals surface area (Å²) in [7, 11) is 0. The molecule has 0 bridgehead atoms. The Labute approximate surface area is 117 Å². The second-order valence-corrected chi connectivity index (χ2v) is 4.99. The summed E-state index contributed by atoms with van der Waals surface area (Å²) in [6, 6.07) is 6.84. The predicted octanol–water partition coefficient (Wildman–Crippen LogP) is 1.40. The number of nitro benzene ring substituents is 1. The van der Waals surface area contributed by atoms with Gasteiger partial charge in [-0.25, -0.2) is 0 Å². The maximum Gasteiger partial charge on any atom is 0.273 e. The molecular weight excluding hydrogens is 258 g/mol. The monoisotopic (exact) mass is 277 g/mol. The molecule has 0 unspecified atom stereocenters. The van der Waals surface area contributed by atoms with Crippen LogP contribution in [-0.4, -0.2) is 30.0 Å². The van der Waals surface area contributed by atoms with E-state index in [9.17, 15) is 14.9 Å². The number of benzene rings is 1. The Balaban J connectivity index is 1.80. The molecule has 1 aliphatic heterocycles. The molecule has 0 aromatic heterocycles. The van der Waals surface area contributed by atoms with Crippen molar-refractivity contribution in [2.24, 2.45) is 0 Å². The van der Waals surface area contributed by atoms with Crippen LogP contribution >= 0.6 is 0 Å². The quantitative estimate of drug-likeness (QED) is 0.608. The number of carbonyl (C=O) groups excluding carboxylic acids is 1. The number of para-hydroxylation sites is 1. The molecule has 2 N–H and O–H groups in total. The second-order valence-electron chi connectivity index (χ2n) is 4.99. The first-order valence-electron chi connectivity index (χ1n) is 6.89. The van der Waals surface area contributed by atoms with Crippen LogP contribution in [0, 0.1) is 10.1 Å². The zero-order valence-electron chi connectivity index (χ0n) is 11.3. The lowest BCUT2D eigenvalue weighted by Crippen LogP contribution is -2.31. The molecule has 1 amide bonds. The molecule has 1 heterocycles. The van der Waals surface area contributed by atoms with E-state index in [0.717, 1.165) is 19.4 Å². The molecule has 0 radical (unpaired) electrons. The fourth-order valence-corrected chi connectivity index (χ4v) is 2.46. The lowest BCUT2D eigenvalue weighted by atomic mass is 10.1. The van der Waals surface area contributed by atoms with Crippen molar-refractivity contribution in [1.29, 1.82) is 0 Å². The summed E-state index contributed by atoms with van der Waals surface area (Å²) < 4.78 is 0. The molecule has 0 saturated carbocycles. The van der Waals surface area contributed by atoms with Crippen LogP contribution < -0.4 is 10.6 Å². The van der Waals surface area contributed by atoms with Crippen molar-refractivity contribution in [2.75, 3.05) is 13.1 Å². The summed E-state index contributed by atoms with van der Waals surface area (Å²) in [6.45, 7) is 1.66. The summed E-state index contributed by atoms with van der Waals surface area (Å²) in [4.78, 5) is 22.2. The third-order valence-electron chi connectivity index (χ3n) is 3.52.